The van der Waals surface area contributed by atoms with Crippen molar-refractivity contribution in [2.24, 2.45) is 0 Å². The van der Waals surface area contributed by atoms with Crippen molar-refractivity contribution in [3.63, 3.8) is 0 Å². The monoisotopic (exact) mass is 360 g/mol. The number of aliphatic carboxylic acids is 1. The highest BCUT2D eigenvalue weighted by Crippen LogP contribution is 2.32. The number of amides is 1. The Hall–Kier alpha value is -3.87. The second-order valence-corrected chi connectivity index (χ2v) is 6.04. The molecular weight excluding hydrogens is 344 g/mol. The number of aromatic nitrogens is 2. The quantitative estimate of drug-likeness (QED) is 0.664. The molecule has 0 saturated heterocycles. The van der Waals surface area contributed by atoms with Crippen LogP contribution in [0.5, 0.6) is 0 Å². The van der Waals surface area contributed by atoms with Gasteiger partial charge in [0, 0.05) is 5.69 Å². The fourth-order valence-corrected chi connectivity index (χ4v) is 2.99. The van der Waals surface area contributed by atoms with Gasteiger partial charge >= 0.3 is 5.97 Å². The Labute approximate surface area is 154 Å². The standard InChI is InChI=1S/C20H16N4O3/c25-19(22-14-9-5-2-6-10-14)15-12-21-24-17(13-7-3-1-4-8-13)11-16(20(26)27)23-18(15)24/h1-12,17,23H,(H,22,25)(H,26,27)/t17-/m1/s1. The van der Waals surface area contributed by atoms with Crippen LogP contribution in [-0.2, 0) is 4.79 Å². The number of allylic oxidation sites excluding steroid dienone is 1. The van der Waals surface area contributed by atoms with E-state index in [1.54, 1.807) is 22.9 Å². The van der Waals surface area contributed by atoms with Gasteiger partial charge in [0.15, 0.2) is 0 Å². The van der Waals surface area contributed by atoms with Gasteiger partial charge in [-0.25, -0.2) is 9.48 Å². The molecule has 0 bridgehead atoms. The normalized spacial score (nSPS) is 15.3. The van der Waals surface area contributed by atoms with E-state index in [2.05, 4.69) is 15.7 Å². The van der Waals surface area contributed by atoms with Gasteiger partial charge in [-0.1, -0.05) is 48.5 Å². The maximum absolute atomic E-state index is 12.7. The fourth-order valence-electron chi connectivity index (χ4n) is 2.99. The van der Waals surface area contributed by atoms with Crippen LogP contribution >= 0.6 is 0 Å². The lowest BCUT2D eigenvalue weighted by molar-refractivity contribution is -0.132. The first-order valence-corrected chi connectivity index (χ1v) is 8.34. The van der Waals surface area contributed by atoms with Gasteiger partial charge < -0.3 is 15.7 Å². The molecule has 1 aliphatic rings. The van der Waals surface area contributed by atoms with Gasteiger partial charge in [0.1, 0.15) is 17.1 Å². The zero-order chi connectivity index (χ0) is 18.8. The van der Waals surface area contributed by atoms with Gasteiger partial charge in [-0.2, -0.15) is 5.10 Å². The number of carboxylic acids is 1. The molecule has 1 atom stereocenters. The topological polar surface area (TPSA) is 96.2 Å². The Morgan fingerprint density at radius 3 is 2.37 bits per heavy atom. The summed E-state index contributed by atoms with van der Waals surface area (Å²) < 4.78 is 1.61. The Morgan fingerprint density at radius 2 is 1.70 bits per heavy atom. The Balaban J connectivity index is 1.73. The van der Waals surface area contributed by atoms with Gasteiger partial charge in [0.25, 0.3) is 5.91 Å². The predicted octanol–water partition coefficient (Wildman–Crippen LogP) is 3.12. The third-order valence-corrected chi connectivity index (χ3v) is 4.28. The number of hydrogen-bond acceptors (Lipinski definition) is 4. The molecule has 0 radical (unpaired) electrons. The van der Waals surface area contributed by atoms with Gasteiger partial charge in [0.05, 0.1) is 12.2 Å². The molecule has 0 spiro atoms. The largest absolute Gasteiger partial charge is 0.477 e. The van der Waals surface area contributed by atoms with Crippen LogP contribution in [0.3, 0.4) is 0 Å². The van der Waals surface area contributed by atoms with Gasteiger partial charge in [-0.3, -0.25) is 4.79 Å². The van der Waals surface area contributed by atoms with Crippen LogP contribution < -0.4 is 10.6 Å². The number of nitrogens with one attached hydrogen (secondary N) is 2. The number of carbonyl (C=O) groups is 2. The number of nitrogens with zero attached hydrogens (tertiary/aromatic N) is 2. The summed E-state index contributed by atoms with van der Waals surface area (Å²) in [4.78, 5) is 24.3. The second kappa shape index (κ2) is 6.80. The molecule has 27 heavy (non-hydrogen) atoms. The van der Waals surface area contributed by atoms with Gasteiger partial charge in [-0.15, -0.1) is 0 Å². The van der Waals surface area contributed by atoms with E-state index in [9.17, 15) is 14.7 Å². The molecule has 0 saturated carbocycles. The number of benzene rings is 2. The fraction of sp³-hybridized carbons (Fsp3) is 0.0500. The molecule has 7 heteroatoms. The maximum atomic E-state index is 12.7. The molecule has 4 rings (SSSR count). The highest BCUT2D eigenvalue weighted by molar-refractivity contribution is 6.08. The first kappa shape index (κ1) is 16.6. The van der Waals surface area contributed by atoms with Crippen LogP contribution in [0, 0.1) is 0 Å². The molecule has 2 aromatic carbocycles. The average molecular weight is 360 g/mol. The maximum Gasteiger partial charge on any atom is 0.352 e. The van der Waals surface area contributed by atoms with Crippen molar-refractivity contribution in [3.8, 4) is 0 Å². The molecule has 1 aliphatic heterocycles. The second-order valence-electron chi connectivity index (χ2n) is 6.04. The number of carboxylic acid groups (broad SMARTS) is 1. The predicted molar refractivity (Wildman–Crippen MR) is 101 cm³/mol. The molecule has 7 nitrogen and oxygen atoms in total. The molecule has 134 valence electrons. The summed E-state index contributed by atoms with van der Waals surface area (Å²) in [6.07, 6.45) is 3.02. The van der Waals surface area contributed by atoms with E-state index in [1.165, 1.54) is 6.20 Å². The SMILES string of the molecule is O=C(O)C1=C[C@H](c2ccccc2)n2ncc(C(=O)Nc3ccccc3)c2N1. The van der Waals surface area contributed by atoms with E-state index >= 15 is 0 Å². The van der Waals surface area contributed by atoms with E-state index in [4.69, 9.17) is 0 Å². The molecule has 0 aliphatic carbocycles. The summed E-state index contributed by atoms with van der Waals surface area (Å²) in [6, 6.07) is 18.0. The molecule has 1 aromatic heterocycles. The van der Waals surface area contributed by atoms with Crippen molar-refractivity contribution >= 4 is 23.4 Å². The third-order valence-electron chi connectivity index (χ3n) is 4.28. The first-order chi connectivity index (χ1) is 13.1. The highest BCUT2D eigenvalue weighted by Gasteiger charge is 2.29. The lowest BCUT2D eigenvalue weighted by atomic mass is 10.0. The van der Waals surface area contributed by atoms with Crippen LogP contribution in [0.2, 0.25) is 0 Å². The Morgan fingerprint density at radius 1 is 1.04 bits per heavy atom. The smallest absolute Gasteiger partial charge is 0.352 e. The van der Waals surface area contributed by atoms with Crippen LogP contribution in [0.25, 0.3) is 0 Å². The van der Waals surface area contributed by atoms with E-state index in [0.29, 0.717) is 11.5 Å². The van der Waals surface area contributed by atoms with E-state index in [0.717, 1.165) is 5.56 Å². The Kier molecular flexibility index (Phi) is 4.18. The number of anilines is 2. The lowest BCUT2D eigenvalue weighted by Crippen LogP contribution is -2.25. The zero-order valence-electron chi connectivity index (χ0n) is 14.2. The van der Waals surface area contributed by atoms with Crippen molar-refractivity contribution in [2.45, 2.75) is 6.04 Å². The Bertz CT molecular complexity index is 1030. The summed E-state index contributed by atoms with van der Waals surface area (Å²) in [7, 11) is 0. The minimum absolute atomic E-state index is 0.00520. The van der Waals surface area contributed by atoms with Crippen molar-refractivity contribution in [1.29, 1.82) is 0 Å². The number of carbonyl (C=O) groups excluding carboxylic acids is 1. The first-order valence-electron chi connectivity index (χ1n) is 8.34. The van der Waals surface area contributed by atoms with E-state index < -0.39 is 12.0 Å². The van der Waals surface area contributed by atoms with Crippen molar-refractivity contribution in [1.82, 2.24) is 9.78 Å². The number of hydrogen-bond donors (Lipinski definition) is 3. The van der Waals surface area contributed by atoms with Crippen molar-refractivity contribution in [3.05, 3.63) is 89.8 Å². The minimum Gasteiger partial charge on any atom is -0.477 e. The molecule has 3 N–H and O–H groups in total. The number of para-hydroxylation sites is 1. The van der Waals surface area contributed by atoms with E-state index in [-0.39, 0.29) is 17.2 Å². The molecule has 3 aromatic rings. The number of fused-ring (bicyclic) bond motifs is 1. The lowest BCUT2D eigenvalue weighted by Gasteiger charge is -2.24. The van der Waals surface area contributed by atoms with Gasteiger partial charge in [0.2, 0.25) is 0 Å². The van der Waals surface area contributed by atoms with Gasteiger partial charge in [-0.05, 0) is 23.8 Å². The molecule has 0 fully saturated rings. The summed E-state index contributed by atoms with van der Waals surface area (Å²) in [5, 5.41) is 19.4. The van der Waals surface area contributed by atoms with Crippen molar-refractivity contribution in [2.75, 3.05) is 10.6 Å². The molecular formula is C20H16N4O3. The molecule has 1 amide bonds. The van der Waals surface area contributed by atoms with E-state index in [1.807, 2.05) is 48.5 Å². The summed E-state index contributed by atoms with van der Waals surface area (Å²) in [5.74, 6) is -1.12. The minimum atomic E-state index is -1.10. The van der Waals surface area contributed by atoms with Crippen LogP contribution in [0.15, 0.2) is 78.6 Å². The average Bonchev–Trinajstić information content (AvgIpc) is 3.13. The highest BCUT2D eigenvalue weighted by atomic mass is 16.4. The number of rotatable bonds is 4. The zero-order valence-corrected chi connectivity index (χ0v) is 14.2. The summed E-state index contributed by atoms with van der Waals surface area (Å²) in [6.45, 7) is 0. The van der Waals surface area contributed by atoms with Crippen LogP contribution in [0.1, 0.15) is 22.0 Å². The third kappa shape index (κ3) is 3.18. The molecule has 0 unspecified atom stereocenters. The van der Waals surface area contributed by atoms with Crippen LogP contribution in [0.4, 0.5) is 11.5 Å². The molecule has 2 heterocycles. The van der Waals surface area contributed by atoms with Crippen LogP contribution in [-0.4, -0.2) is 26.8 Å². The van der Waals surface area contributed by atoms with Crippen molar-refractivity contribution < 1.29 is 14.7 Å². The summed E-state index contributed by atoms with van der Waals surface area (Å²) in [5.41, 5.74) is 1.79. The summed E-state index contributed by atoms with van der Waals surface area (Å²) >= 11 is 0.